The summed E-state index contributed by atoms with van der Waals surface area (Å²) < 4.78 is 2.05. The van der Waals surface area contributed by atoms with Crippen LogP contribution in [-0.4, -0.2) is 59.4 Å². The number of nitriles is 1. The van der Waals surface area contributed by atoms with Crippen LogP contribution in [0.3, 0.4) is 0 Å². The normalized spacial score (nSPS) is 19.5. The molecule has 0 radical (unpaired) electrons. The first-order valence-electron chi connectivity index (χ1n) is 12.6. The van der Waals surface area contributed by atoms with Crippen molar-refractivity contribution in [2.24, 2.45) is 11.7 Å². The summed E-state index contributed by atoms with van der Waals surface area (Å²) in [6, 6.07) is 11.7. The first kappa shape index (κ1) is 25.6. The van der Waals surface area contributed by atoms with Crippen molar-refractivity contribution in [2.45, 2.75) is 37.9 Å². The molecule has 3 atom stereocenters. The zero-order chi connectivity index (χ0) is 28.0. The quantitative estimate of drug-likeness (QED) is 0.318. The number of piperidine rings is 1. The summed E-state index contributed by atoms with van der Waals surface area (Å²) in [7, 11) is 0. The number of nitrogens with one attached hydrogen (secondary N) is 1. The molecule has 2 bridgehead atoms. The fourth-order valence-corrected chi connectivity index (χ4v) is 6.11. The number of amides is 3. The molecule has 1 aliphatic heterocycles. The topological polar surface area (TPSA) is 173 Å². The minimum Gasteiger partial charge on any atom is -0.364 e. The van der Waals surface area contributed by atoms with E-state index in [0.29, 0.717) is 32.5 Å². The van der Waals surface area contributed by atoms with Gasteiger partial charge in [0.2, 0.25) is 17.6 Å². The van der Waals surface area contributed by atoms with Crippen LogP contribution < -0.4 is 11.1 Å². The predicted octanol–water partition coefficient (Wildman–Crippen LogP) is 2.64. The molecule has 1 aromatic carbocycles. The fourth-order valence-electron chi connectivity index (χ4n) is 5.77. The van der Waals surface area contributed by atoms with E-state index in [4.69, 9.17) is 11.0 Å². The van der Waals surface area contributed by atoms with Gasteiger partial charge in [-0.15, -0.1) is 0 Å². The van der Waals surface area contributed by atoms with Gasteiger partial charge in [-0.3, -0.25) is 19.1 Å². The van der Waals surface area contributed by atoms with Crippen LogP contribution in [0.1, 0.15) is 35.6 Å². The highest BCUT2D eigenvalue weighted by atomic mass is 79.9. The van der Waals surface area contributed by atoms with Gasteiger partial charge in [0.1, 0.15) is 29.1 Å². The minimum absolute atomic E-state index is 0.0252. The van der Waals surface area contributed by atoms with Crippen molar-refractivity contribution in [3.05, 3.63) is 64.9 Å². The Bertz CT molecular complexity index is 1710. The van der Waals surface area contributed by atoms with Gasteiger partial charge in [0.05, 0.1) is 5.52 Å². The number of halogens is 1. The number of primary amides is 1. The largest absolute Gasteiger partial charge is 0.364 e. The molecule has 200 valence electrons. The first-order valence-corrected chi connectivity index (χ1v) is 13.4. The molecule has 13 heteroatoms. The summed E-state index contributed by atoms with van der Waals surface area (Å²) in [5, 5.41) is 16.7. The van der Waals surface area contributed by atoms with E-state index in [0.717, 1.165) is 19.3 Å². The summed E-state index contributed by atoms with van der Waals surface area (Å²) in [5.74, 6) is -0.757. The van der Waals surface area contributed by atoms with E-state index in [1.54, 1.807) is 41.3 Å². The molecule has 0 unspecified atom stereocenters. The Labute approximate surface area is 236 Å². The highest BCUT2D eigenvalue weighted by molar-refractivity contribution is 9.10. The van der Waals surface area contributed by atoms with Crippen LogP contribution in [0.4, 0.5) is 5.82 Å². The van der Waals surface area contributed by atoms with Crippen LogP contribution in [0, 0.1) is 17.2 Å². The molecule has 3 N–H and O–H groups in total. The Kier molecular flexibility index (Phi) is 6.47. The van der Waals surface area contributed by atoms with E-state index < -0.39 is 11.9 Å². The number of carbonyl (C=O) groups excluding carboxylic acids is 3. The Morgan fingerprint density at radius 1 is 1.12 bits per heavy atom. The number of benzene rings is 1. The van der Waals surface area contributed by atoms with Crippen molar-refractivity contribution >= 4 is 50.4 Å². The summed E-state index contributed by atoms with van der Waals surface area (Å²) in [4.78, 5) is 53.2. The standard InChI is InChI=1S/C27H22BrN9O3/c28-20-2-1-3-21(33-20)34-27(40)25-15-4-6-17(8-15)37(25)23(38)13-36-19-7-5-14(9-18(19)24(35-36)26(30)39)16-11-31-22(10-29)32-12-16/h1-3,5,7,9,11-12,15,17,25H,4,6,8,13H2,(H2,30,39)(H,33,34,40)/t15-,17+,25-/m0/s1. The lowest BCUT2D eigenvalue weighted by molar-refractivity contribution is -0.141. The molecule has 0 spiro atoms. The smallest absolute Gasteiger partial charge is 0.269 e. The number of pyridine rings is 1. The summed E-state index contributed by atoms with van der Waals surface area (Å²) in [6.45, 7) is -0.161. The molecule has 3 amide bonds. The lowest BCUT2D eigenvalue weighted by Gasteiger charge is -2.34. The van der Waals surface area contributed by atoms with Gasteiger partial charge >= 0.3 is 0 Å². The molecule has 4 heterocycles. The molecule has 12 nitrogen and oxygen atoms in total. The first-order chi connectivity index (χ1) is 19.3. The number of nitrogens with zero attached hydrogens (tertiary/aromatic N) is 7. The maximum absolute atomic E-state index is 13.7. The van der Waals surface area contributed by atoms with Crippen molar-refractivity contribution in [1.29, 1.82) is 5.26 Å². The lowest BCUT2D eigenvalue weighted by Crippen LogP contribution is -2.52. The fraction of sp³-hybridized carbons (Fsp3) is 0.259. The summed E-state index contributed by atoms with van der Waals surface area (Å²) in [6.07, 6.45) is 5.50. The van der Waals surface area contributed by atoms with Gasteiger partial charge in [-0.2, -0.15) is 10.4 Å². The third-order valence-corrected chi connectivity index (χ3v) is 7.90. The molecular weight excluding hydrogens is 578 g/mol. The highest BCUT2D eigenvalue weighted by Gasteiger charge is 2.51. The van der Waals surface area contributed by atoms with E-state index in [2.05, 4.69) is 41.3 Å². The lowest BCUT2D eigenvalue weighted by atomic mass is 9.97. The van der Waals surface area contributed by atoms with Crippen LogP contribution in [0.25, 0.3) is 22.0 Å². The van der Waals surface area contributed by atoms with Crippen LogP contribution in [-0.2, 0) is 16.1 Å². The van der Waals surface area contributed by atoms with Crippen molar-refractivity contribution in [1.82, 2.24) is 29.6 Å². The van der Waals surface area contributed by atoms with E-state index in [1.165, 1.54) is 17.1 Å². The van der Waals surface area contributed by atoms with E-state index >= 15 is 0 Å². The monoisotopic (exact) mass is 599 g/mol. The second kappa shape index (κ2) is 10.1. The SMILES string of the molecule is N#Cc1ncc(-c2ccc3c(c2)c(C(N)=O)nn3CC(=O)N2[C@@H]3CC[C@@H](C3)[C@H]2C(=O)Nc2cccc(Br)n2)cn1. The third kappa shape index (κ3) is 4.56. The molecule has 6 rings (SSSR count). The van der Waals surface area contributed by atoms with Crippen molar-refractivity contribution in [3.63, 3.8) is 0 Å². The van der Waals surface area contributed by atoms with Crippen LogP contribution >= 0.6 is 15.9 Å². The third-order valence-electron chi connectivity index (χ3n) is 7.46. The van der Waals surface area contributed by atoms with Crippen LogP contribution in [0.5, 0.6) is 0 Å². The minimum atomic E-state index is -0.733. The van der Waals surface area contributed by atoms with Crippen molar-refractivity contribution < 1.29 is 14.4 Å². The van der Waals surface area contributed by atoms with Gasteiger partial charge in [0.15, 0.2) is 5.69 Å². The number of anilines is 1. The zero-order valence-corrected chi connectivity index (χ0v) is 22.6. The molecule has 1 saturated carbocycles. The number of hydrogen-bond donors (Lipinski definition) is 2. The van der Waals surface area contributed by atoms with Gasteiger partial charge < -0.3 is 16.0 Å². The molecule has 4 aromatic rings. The number of likely N-dealkylation sites (tertiary alicyclic amines) is 1. The number of aromatic nitrogens is 5. The maximum atomic E-state index is 13.7. The molecule has 3 aromatic heterocycles. The van der Waals surface area contributed by atoms with Crippen molar-refractivity contribution in [3.8, 4) is 17.2 Å². The molecular formula is C27H22BrN9O3. The Morgan fingerprint density at radius 3 is 2.65 bits per heavy atom. The predicted molar refractivity (Wildman–Crippen MR) is 146 cm³/mol. The second-order valence-electron chi connectivity index (χ2n) is 9.82. The van der Waals surface area contributed by atoms with Crippen molar-refractivity contribution in [2.75, 3.05) is 5.32 Å². The average Bonchev–Trinajstić information content (AvgIpc) is 3.66. The summed E-state index contributed by atoms with van der Waals surface area (Å²) in [5.41, 5.74) is 7.54. The Hall–Kier alpha value is -4.70. The number of hydrogen-bond acceptors (Lipinski definition) is 8. The molecule has 1 saturated heterocycles. The number of rotatable bonds is 6. The number of nitrogens with two attached hydrogens (primary N) is 1. The molecule has 40 heavy (non-hydrogen) atoms. The van der Waals surface area contributed by atoms with E-state index in [9.17, 15) is 14.4 Å². The zero-order valence-electron chi connectivity index (χ0n) is 21.0. The molecule has 1 aliphatic carbocycles. The highest BCUT2D eigenvalue weighted by Crippen LogP contribution is 2.43. The maximum Gasteiger partial charge on any atom is 0.269 e. The Morgan fingerprint density at radius 2 is 1.93 bits per heavy atom. The molecule has 2 fully saturated rings. The average molecular weight is 600 g/mol. The number of fused-ring (bicyclic) bond motifs is 3. The summed E-state index contributed by atoms with van der Waals surface area (Å²) >= 11 is 3.31. The van der Waals surface area contributed by atoms with Crippen LogP contribution in [0.2, 0.25) is 0 Å². The van der Waals surface area contributed by atoms with Gasteiger partial charge in [-0.05, 0) is 70.9 Å². The van der Waals surface area contributed by atoms with E-state index in [-0.39, 0.29) is 41.8 Å². The van der Waals surface area contributed by atoms with Gasteiger partial charge in [0.25, 0.3) is 5.91 Å². The van der Waals surface area contributed by atoms with Gasteiger partial charge in [0, 0.05) is 29.4 Å². The van der Waals surface area contributed by atoms with E-state index in [1.807, 2.05) is 6.07 Å². The molecule has 2 aliphatic rings. The second-order valence-corrected chi connectivity index (χ2v) is 10.6. The van der Waals surface area contributed by atoms with Gasteiger partial charge in [-0.1, -0.05) is 12.1 Å². The Balaban J connectivity index is 1.28. The van der Waals surface area contributed by atoms with Crippen LogP contribution in [0.15, 0.2) is 53.4 Å². The number of carbonyl (C=O) groups is 3. The van der Waals surface area contributed by atoms with Gasteiger partial charge in [-0.25, -0.2) is 15.0 Å².